The van der Waals surface area contributed by atoms with Gasteiger partial charge in [-0.2, -0.15) is 0 Å². The SMILES string of the molecule is Cc1ccc2ccc3c(-c4ccccc4)cc(-c4ccc(-c5ccc(-c6nc(-c7ccccc7)cc(-c7ccc(-c8ccccc8)cc7)n6)cc5)cc4)nc3c2n1. The molecule has 7 aromatic carbocycles. The third kappa shape index (κ3) is 6.75. The molecular formula is C53H36N4. The van der Waals surface area contributed by atoms with Gasteiger partial charge < -0.3 is 0 Å². The topological polar surface area (TPSA) is 51.6 Å². The van der Waals surface area contributed by atoms with E-state index < -0.39 is 0 Å². The van der Waals surface area contributed by atoms with Gasteiger partial charge in [-0.25, -0.2) is 15.0 Å². The van der Waals surface area contributed by atoms with E-state index in [-0.39, 0.29) is 0 Å². The fraction of sp³-hybridized carbons (Fsp3) is 0.0189. The molecule has 0 saturated carbocycles. The lowest BCUT2D eigenvalue weighted by atomic mass is 9.96. The number of hydrogen-bond donors (Lipinski definition) is 0. The molecule has 268 valence electrons. The summed E-state index contributed by atoms with van der Waals surface area (Å²) in [4.78, 5) is 20.4. The predicted molar refractivity (Wildman–Crippen MR) is 235 cm³/mol. The second-order valence-corrected chi connectivity index (χ2v) is 14.3. The zero-order valence-corrected chi connectivity index (χ0v) is 31.3. The fourth-order valence-electron chi connectivity index (χ4n) is 7.56. The van der Waals surface area contributed by atoms with Gasteiger partial charge in [0.05, 0.1) is 28.1 Å². The van der Waals surface area contributed by atoms with Crippen molar-refractivity contribution in [2.75, 3.05) is 0 Å². The number of nitrogens with zero attached hydrogens (tertiary/aromatic N) is 4. The molecule has 0 aliphatic heterocycles. The normalized spacial score (nSPS) is 11.2. The van der Waals surface area contributed by atoms with Gasteiger partial charge in [0.25, 0.3) is 0 Å². The lowest BCUT2D eigenvalue weighted by Crippen LogP contribution is -1.96. The lowest BCUT2D eigenvalue weighted by Gasteiger charge is -2.13. The van der Waals surface area contributed by atoms with Crippen molar-refractivity contribution in [3.05, 3.63) is 206 Å². The summed E-state index contributed by atoms with van der Waals surface area (Å²) in [5, 5.41) is 2.18. The maximum Gasteiger partial charge on any atom is 0.160 e. The standard InChI is InChI=1S/C53H36N4/c1-35-17-18-44-31-32-46-47(40-13-7-3-8-14-40)33-48(55-52(46)51(44)54-35)42-25-21-38(22-26-42)39-23-29-45(30-24-39)53-56-49(41-15-9-4-10-16-41)34-50(57-53)43-27-19-37(20-28-43)36-11-5-2-6-12-36/h2-34H,1H3. The summed E-state index contributed by atoms with van der Waals surface area (Å²) in [7, 11) is 0. The molecule has 0 N–H and O–H groups in total. The van der Waals surface area contributed by atoms with Crippen LogP contribution in [0.4, 0.5) is 0 Å². The number of fused-ring (bicyclic) bond motifs is 3. The molecule has 57 heavy (non-hydrogen) atoms. The summed E-state index contributed by atoms with van der Waals surface area (Å²) in [5.41, 5.74) is 16.5. The Morgan fingerprint density at radius 2 is 0.719 bits per heavy atom. The van der Waals surface area contributed by atoms with Gasteiger partial charge in [-0.15, -0.1) is 0 Å². The second-order valence-electron chi connectivity index (χ2n) is 14.3. The molecule has 0 aliphatic carbocycles. The average Bonchev–Trinajstić information content (AvgIpc) is 3.29. The Bertz CT molecular complexity index is 3020. The fourth-order valence-corrected chi connectivity index (χ4v) is 7.56. The molecule has 3 aromatic heterocycles. The number of rotatable bonds is 7. The molecule has 0 amide bonds. The molecule has 0 aliphatic rings. The summed E-state index contributed by atoms with van der Waals surface area (Å²) < 4.78 is 0. The number of hydrogen-bond acceptors (Lipinski definition) is 4. The van der Waals surface area contributed by atoms with Gasteiger partial charge in [0.15, 0.2) is 5.82 Å². The molecule has 0 saturated heterocycles. The van der Waals surface area contributed by atoms with E-state index in [2.05, 4.69) is 176 Å². The summed E-state index contributed by atoms with van der Waals surface area (Å²) in [6, 6.07) is 69.9. The van der Waals surface area contributed by atoms with Crippen LogP contribution in [0.3, 0.4) is 0 Å². The minimum atomic E-state index is 0.689. The van der Waals surface area contributed by atoms with Crippen LogP contribution in [0.25, 0.3) is 100 Å². The lowest BCUT2D eigenvalue weighted by molar-refractivity contribution is 1.18. The van der Waals surface area contributed by atoms with Crippen molar-refractivity contribution in [2.24, 2.45) is 0 Å². The van der Waals surface area contributed by atoms with E-state index in [4.69, 9.17) is 19.9 Å². The molecule has 10 aromatic rings. The number of pyridine rings is 2. The molecule has 4 heteroatoms. The highest BCUT2D eigenvalue weighted by Crippen LogP contribution is 2.36. The summed E-state index contributed by atoms with van der Waals surface area (Å²) in [6.45, 7) is 2.03. The van der Waals surface area contributed by atoms with Gasteiger partial charge in [-0.1, -0.05) is 182 Å². The molecule has 0 spiro atoms. The van der Waals surface area contributed by atoms with E-state index in [0.717, 1.165) is 89.1 Å². The van der Waals surface area contributed by atoms with Gasteiger partial charge in [0.1, 0.15) is 0 Å². The van der Waals surface area contributed by atoms with Crippen molar-refractivity contribution in [1.82, 2.24) is 19.9 Å². The van der Waals surface area contributed by atoms with Crippen LogP contribution in [0.5, 0.6) is 0 Å². The van der Waals surface area contributed by atoms with E-state index in [1.54, 1.807) is 0 Å². The smallest absolute Gasteiger partial charge is 0.160 e. The predicted octanol–water partition coefficient (Wildman–Crippen LogP) is 13.6. The van der Waals surface area contributed by atoms with Crippen LogP contribution in [0.2, 0.25) is 0 Å². The summed E-state index contributed by atoms with van der Waals surface area (Å²) in [6.07, 6.45) is 0. The van der Waals surface area contributed by atoms with Crippen molar-refractivity contribution in [2.45, 2.75) is 6.92 Å². The molecular weight excluding hydrogens is 693 g/mol. The number of benzene rings is 7. The Hall–Kier alpha value is -7.56. The number of aromatic nitrogens is 4. The highest BCUT2D eigenvalue weighted by atomic mass is 14.9. The van der Waals surface area contributed by atoms with Crippen molar-refractivity contribution >= 4 is 21.8 Å². The molecule has 0 fully saturated rings. The van der Waals surface area contributed by atoms with E-state index >= 15 is 0 Å². The molecule has 0 radical (unpaired) electrons. The van der Waals surface area contributed by atoms with E-state index in [1.165, 1.54) is 11.1 Å². The van der Waals surface area contributed by atoms with Gasteiger partial charge in [-0.3, -0.25) is 4.98 Å². The van der Waals surface area contributed by atoms with Gasteiger partial charge >= 0.3 is 0 Å². The zero-order chi connectivity index (χ0) is 38.1. The van der Waals surface area contributed by atoms with Crippen LogP contribution in [-0.2, 0) is 0 Å². The number of aryl methyl sites for hydroxylation is 1. The van der Waals surface area contributed by atoms with Crippen LogP contribution in [-0.4, -0.2) is 19.9 Å². The van der Waals surface area contributed by atoms with Crippen molar-refractivity contribution in [3.63, 3.8) is 0 Å². The minimum Gasteiger partial charge on any atom is -0.251 e. The van der Waals surface area contributed by atoms with Gasteiger partial charge in [-0.05, 0) is 58.5 Å². The monoisotopic (exact) mass is 728 g/mol. The van der Waals surface area contributed by atoms with Gasteiger partial charge in [0, 0.05) is 38.7 Å². The molecule has 10 rings (SSSR count). The molecule has 0 bridgehead atoms. The van der Waals surface area contributed by atoms with Crippen LogP contribution >= 0.6 is 0 Å². The Morgan fingerprint density at radius 1 is 0.298 bits per heavy atom. The average molecular weight is 729 g/mol. The largest absolute Gasteiger partial charge is 0.251 e. The third-order valence-electron chi connectivity index (χ3n) is 10.6. The maximum absolute atomic E-state index is 5.25. The van der Waals surface area contributed by atoms with E-state index in [1.807, 2.05) is 31.2 Å². The van der Waals surface area contributed by atoms with Crippen LogP contribution in [0.1, 0.15) is 5.69 Å². The Labute approximate surface area is 331 Å². The molecule has 0 unspecified atom stereocenters. The quantitative estimate of drug-likeness (QED) is 0.153. The van der Waals surface area contributed by atoms with Crippen LogP contribution in [0.15, 0.2) is 200 Å². The Balaban J connectivity index is 0.985. The maximum atomic E-state index is 5.25. The molecule has 3 heterocycles. The zero-order valence-electron chi connectivity index (χ0n) is 31.3. The first-order chi connectivity index (χ1) is 28.1. The highest BCUT2D eigenvalue weighted by Gasteiger charge is 2.15. The highest BCUT2D eigenvalue weighted by molar-refractivity contribution is 6.09. The second kappa shape index (κ2) is 14.6. The van der Waals surface area contributed by atoms with E-state index in [9.17, 15) is 0 Å². The van der Waals surface area contributed by atoms with Gasteiger partial charge in [0.2, 0.25) is 0 Å². The molecule has 4 nitrogen and oxygen atoms in total. The van der Waals surface area contributed by atoms with Crippen molar-refractivity contribution < 1.29 is 0 Å². The van der Waals surface area contributed by atoms with Crippen molar-refractivity contribution in [3.8, 4) is 78.5 Å². The Morgan fingerprint density at radius 3 is 1.28 bits per heavy atom. The third-order valence-corrected chi connectivity index (χ3v) is 10.6. The first-order valence-corrected chi connectivity index (χ1v) is 19.2. The minimum absolute atomic E-state index is 0.689. The Kier molecular flexibility index (Phi) is 8.69. The van der Waals surface area contributed by atoms with Crippen LogP contribution < -0.4 is 0 Å². The first kappa shape index (κ1) is 34.0. The first-order valence-electron chi connectivity index (χ1n) is 19.2. The summed E-state index contributed by atoms with van der Waals surface area (Å²) >= 11 is 0. The summed E-state index contributed by atoms with van der Waals surface area (Å²) in [5.74, 6) is 0.689. The van der Waals surface area contributed by atoms with E-state index in [0.29, 0.717) is 5.82 Å². The van der Waals surface area contributed by atoms with Crippen LogP contribution in [0, 0.1) is 6.92 Å². The molecule has 0 atom stereocenters. The van der Waals surface area contributed by atoms with Crippen molar-refractivity contribution in [1.29, 1.82) is 0 Å².